The number of nitrogens with zero attached hydrogens (tertiary/aromatic N) is 1. The van der Waals surface area contributed by atoms with Gasteiger partial charge in [-0.2, -0.15) is 0 Å². The van der Waals surface area contributed by atoms with Crippen LogP contribution in [0.1, 0.15) is 22.8 Å². The Balaban J connectivity index is 2.00. The van der Waals surface area contributed by atoms with E-state index in [2.05, 4.69) is 5.32 Å². The molecular weight excluding hydrogens is 347 g/mol. The molecule has 126 valence electrons. The summed E-state index contributed by atoms with van der Waals surface area (Å²) < 4.78 is 0. The van der Waals surface area contributed by atoms with Crippen LogP contribution in [0.25, 0.3) is 0 Å². The number of nitrogens with one attached hydrogen (secondary N) is 1. The Bertz CT molecular complexity index is 745. The SMILES string of the molecule is CC(=O)N(CCNC(=O)c1ccc(Cl)cc1)c1ccc(Cl)cc1C. The van der Waals surface area contributed by atoms with Gasteiger partial charge in [0.25, 0.3) is 5.91 Å². The fourth-order valence-electron chi connectivity index (χ4n) is 2.35. The van der Waals surface area contributed by atoms with Crippen LogP contribution >= 0.6 is 23.2 Å². The third kappa shape index (κ3) is 4.73. The van der Waals surface area contributed by atoms with Gasteiger partial charge in [0, 0.05) is 41.3 Å². The zero-order chi connectivity index (χ0) is 17.7. The molecule has 4 nitrogen and oxygen atoms in total. The highest BCUT2D eigenvalue weighted by molar-refractivity contribution is 6.31. The molecule has 1 N–H and O–H groups in total. The van der Waals surface area contributed by atoms with E-state index in [4.69, 9.17) is 23.2 Å². The molecule has 0 unspecified atom stereocenters. The van der Waals surface area contributed by atoms with Crippen molar-refractivity contribution in [2.45, 2.75) is 13.8 Å². The molecule has 2 aromatic rings. The lowest BCUT2D eigenvalue weighted by Gasteiger charge is -2.23. The minimum atomic E-state index is -0.206. The molecule has 0 saturated carbocycles. The summed E-state index contributed by atoms with van der Waals surface area (Å²) in [4.78, 5) is 25.6. The maximum Gasteiger partial charge on any atom is 0.251 e. The predicted molar refractivity (Wildman–Crippen MR) is 98.0 cm³/mol. The second-order valence-electron chi connectivity index (χ2n) is 5.36. The maximum absolute atomic E-state index is 12.1. The summed E-state index contributed by atoms with van der Waals surface area (Å²) in [6, 6.07) is 12.0. The third-order valence-electron chi connectivity index (χ3n) is 3.56. The fraction of sp³-hybridized carbons (Fsp3) is 0.222. The Morgan fingerprint density at radius 2 is 1.67 bits per heavy atom. The molecule has 6 heteroatoms. The molecule has 0 atom stereocenters. The molecular formula is C18H18Cl2N2O2. The Morgan fingerprint density at radius 1 is 1.04 bits per heavy atom. The van der Waals surface area contributed by atoms with Crippen molar-refractivity contribution < 1.29 is 9.59 Å². The zero-order valence-electron chi connectivity index (χ0n) is 13.5. The Labute approximate surface area is 151 Å². The van der Waals surface area contributed by atoms with Crippen molar-refractivity contribution in [2.75, 3.05) is 18.0 Å². The summed E-state index contributed by atoms with van der Waals surface area (Å²) in [7, 11) is 0. The van der Waals surface area contributed by atoms with Gasteiger partial charge in [-0.3, -0.25) is 9.59 Å². The van der Waals surface area contributed by atoms with Crippen molar-refractivity contribution in [3.8, 4) is 0 Å². The fourth-order valence-corrected chi connectivity index (χ4v) is 2.71. The van der Waals surface area contributed by atoms with Crippen molar-refractivity contribution in [1.29, 1.82) is 0 Å². The number of amides is 2. The van der Waals surface area contributed by atoms with Crippen molar-refractivity contribution >= 4 is 40.7 Å². The monoisotopic (exact) mass is 364 g/mol. The number of aryl methyl sites for hydroxylation is 1. The van der Waals surface area contributed by atoms with Crippen molar-refractivity contribution in [3.05, 3.63) is 63.6 Å². The first-order valence-electron chi connectivity index (χ1n) is 7.46. The van der Waals surface area contributed by atoms with Gasteiger partial charge in [0.15, 0.2) is 0 Å². The lowest BCUT2D eigenvalue weighted by Crippen LogP contribution is -2.37. The van der Waals surface area contributed by atoms with Crippen molar-refractivity contribution in [2.24, 2.45) is 0 Å². The smallest absolute Gasteiger partial charge is 0.251 e. The molecule has 0 saturated heterocycles. The van der Waals surface area contributed by atoms with Gasteiger partial charge in [0.05, 0.1) is 0 Å². The van der Waals surface area contributed by atoms with E-state index in [9.17, 15) is 9.59 Å². The summed E-state index contributed by atoms with van der Waals surface area (Å²) in [6.45, 7) is 4.10. The lowest BCUT2D eigenvalue weighted by molar-refractivity contribution is -0.116. The summed E-state index contributed by atoms with van der Waals surface area (Å²) in [5.41, 5.74) is 2.21. The van der Waals surface area contributed by atoms with E-state index >= 15 is 0 Å². The van der Waals surface area contributed by atoms with Gasteiger partial charge in [-0.05, 0) is 55.0 Å². The molecule has 0 spiro atoms. The van der Waals surface area contributed by atoms with Gasteiger partial charge in [-0.1, -0.05) is 23.2 Å². The topological polar surface area (TPSA) is 49.4 Å². The van der Waals surface area contributed by atoms with E-state index in [0.29, 0.717) is 28.7 Å². The average Bonchev–Trinajstić information content (AvgIpc) is 2.52. The minimum absolute atomic E-state index is 0.0961. The highest BCUT2D eigenvalue weighted by Crippen LogP contribution is 2.23. The van der Waals surface area contributed by atoms with Crippen LogP contribution in [0.15, 0.2) is 42.5 Å². The normalized spacial score (nSPS) is 10.3. The quantitative estimate of drug-likeness (QED) is 0.868. The number of halogens is 2. The maximum atomic E-state index is 12.1. The first-order chi connectivity index (χ1) is 11.4. The van der Waals surface area contributed by atoms with Crippen LogP contribution in [0.2, 0.25) is 10.0 Å². The van der Waals surface area contributed by atoms with E-state index in [1.807, 2.05) is 6.92 Å². The van der Waals surface area contributed by atoms with Crippen LogP contribution in [-0.2, 0) is 4.79 Å². The van der Waals surface area contributed by atoms with Gasteiger partial charge in [-0.25, -0.2) is 0 Å². The minimum Gasteiger partial charge on any atom is -0.350 e. The van der Waals surface area contributed by atoms with Crippen LogP contribution in [0, 0.1) is 6.92 Å². The molecule has 0 aromatic heterocycles. The molecule has 0 aliphatic rings. The number of rotatable bonds is 5. The zero-order valence-corrected chi connectivity index (χ0v) is 15.0. The van der Waals surface area contributed by atoms with E-state index in [1.165, 1.54) is 6.92 Å². The second-order valence-corrected chi connectivity index (χ2v) is 6.24. The standard InChI is InChI=1S/C18H18Cl2N2O2/c1-12-11-16(20)7-8-17(12)22(13(2)23)10-9-21-18(24)14-3-5-15(19)6-4-14/h3-8,11H,9-10H2,1-2H3,(H,21,24). The summed E-state index contributed by atoms with van der Waals surface area (Å²) in [6.07, 6.45) is 0. The lowest BCUT2D eigenvalue weighted by atomic mass is 10.1. The molecule has 0 aliphatic carbocycles. The number of carbonyl (C=O) groups excluding carboxylic acids is 2. The first-order valence-corrected chi connectivity index (χ1v) is 8.22. The van der Waals surface area contributed by atoms with E-state index < -0.39 is 0 Å². The molecule has 0 fully saturated rings. The molecule has 0 bridgehead atoms. The summed E-state index contributed by atoms with van der Waals surface area (Å²) in [5, 5.41) is 4.00. The highest BCUT2D eigenvalue weighted by Gasteiger charge is 2.14. The van der Waals surface area contributed by atoms with Gasteiger partial charge < -0.3 is 10.2 Å². The van der Waals surface area contributed by atoms with Gasteiger partial charge >= 0.3 is 0 Å². The molecule has 24 heavy (non-hydrogen) atoms. The van der Waals surface area contributed by atoms with E-state index in [0.717, 1.165) is 11.3 Å². The Hall–Kier alpha value is -2.04. The Morgan fingerprint density at radius 3 is 2.25 bits per heavy atom. The van der Waals surface area contributed by atoms with Gasteiger partial charge in [-0.15, -0.1) is 0 Å². The van der Waals surface area contributed by atoms with Crippen LogP contribution in [0.3, 0.4) is 0 Å². The average molecular weight is 365 g/mol. The molecule has 2 rings (SSSR count). The highest BCUT2D eigenvalue weighted by atomic mass is 35.5. The number of benzene rings is 2. The number of hydrogen-bond acceptors (Lipinski definition) is 2. The number of anilines is 1. The molecule has 2 amide bonds. The van der Waals surface area contributed by atoms with E-state index in [-0.39, 0.29) is 11.8 Å². The summed E-state index contributed by atoms with van der Waals surface area (Å²) >= 11 is 11.8. The first kappa shape index (κ1) is 18.3. The van der Waals surface area contributed by atoms with Crippen LogP contribution < -0.4 is 10.2 Å². The van der Waals surface area contributed by atoms with Crippen LogP contribution in [0.4, 0.5) is 5.69 Å². The van der Waals surface area contributed by atoms with Gasteiger partial charge in [0.2, 0.25) is 5.91 Å². The molecule has 2 aromatic carbocycles. The van der Waals surface area contributed by atoms with Crippen molar-refractivity contribution in [1.82, 2.24) is 5.32 Å². The number of carbonyl (C=O) groups is 2. The largest absolute Gasteiger partial charge is 0.350 e. The Kier molecular flexibility index (Phi) is 6.23. The van der Waals surface area contributed by atoms with Crippen molar-refractivity contribution in [3.63, 3.8) is 0 Å². The number of hydrogen-bond donors (Lipinski definition) is 1. The van der Waals surface area contributed by atoms with Gasteiger partial charge in [0.1, 0.15) is 0 Å². The molecule has 0 aliphatic heterocycles. The predicted octanol–water partition coefficient (Wildman–Crippen LogP) is 4.08. The molecule has 0 heterocycles. The third-order valence-corrected chi connectivity index (χ3v) is 4.04. The molecule has 0 radical (unpaired) electrons. The second kappa shape index (κ2) is 8.18. The van der Waals surface area contributed by atoms with E-state index in [1.54, 1.807) is 47.4 Å². The van der Waals surface area contributed by atoms with Crippen LogP contribution in [0.5, 0.6) is 0 Å². The summed E-state index contributed by atoms with van der Waals surface area (Å²) in [5.74, 6) is -0.302. The van der Waals surface area contributed by atoms with Crippen LogP contribution in [-0.4, -0.2) is 24.9 Å².